The van der Waals surface area contributed by atoms with E-state index in [4.69, 9.17) is 16.3 Å². The van der Waals surface area contributed by atoms with E-state index in [2.05, 4.69) is 11.1 Å². The Labute approximate surface area is 127 Å². The van der Waals surface area contributed by atoms with Crippen molar-refractivity contribution in [2.75, 3.05) is 0 Å². The van der Waals surface area contributed by atoms with E-state index in [0.29, 0.717) is 22.9 Å². The highest BCUT2D eigenvalue weighted by Gasteiger charge is 2.08. The lowest BCUT2D eigenvalue weighted by Gasteiger charge is -2.10. The third kappa shape index (κ3) is 2.67. The lowest BCUT2D eigenvalue weighted by Crippen LogP contribution is -1.91. The van der Waals surface area contributed by atoms with Gasteiger partial charge in [0.25, 0.3) is 0 Å². The van der Waals surface area contributed by atoms with Crippen LogP contribution < -0.4 is 4.74 Å². The zero-order valence-electron chi connectivity index (χ0n) is 11.1. The Kier molecular flexibility index (Phi) is 3.72. The number of nitriles is 1. The fourth-order valence-electron chi connectivity index (χ4n) is 2.12. The van der Waals surface area contributed by atoms with E-state index in [-0.39, 0.29) is 0 Å². The molecule has 2 aromatic carbocycles. The Balaban J connectivity index is 2.05. The molecule has 0 fully saturated rings. The summed E-state index contributed by atoms with van der Waals surface area (Å²) in [6.45, 7) is 0. The largest absolute Gasteiger partial charge is 0.455 e. The fourth-order valence-corrected chi connectivity index (χ4v) is 2.29. The molecule has 0 atom stereocenters. The molecule has 1 heterocycles. The number of halogens is 1. The Morgan fingerprint density at radius 3 is 2.81 bits per heavy atom. The van der Waals surface area contributed by atoms with Crippen molar-refractivity contribution < 1.29 is 4.74 Å². The van der Waals surface area contributed by atoms with Crippen LogP contribution in [0.25, 0.3) is 10.9 Å². The van der Waals surface area contributed by atoms with Crippen molar-refractivity contribution in [3.8, 4) is 17.6 Å². The Morgan fingerprint density at radius 2 is 2.00 bits per heavy atom. The molecule has 3 rings (SSSR count). The number of benzene rings is 2. The topological polar surface area (TPSA) is 45.9 Å². The van der Waals surface area contributed by atoms with Crippen molar-refractivity contribution in [1.82, 2.24) is 4.98 Å². The molecule has 0 spiro atoms. The molecular formula is C17H11ClN2O. The van der Waals surface area contributed by atoms with Crippen LogP contribution in [0.15, 0.2) is 54.7 Å². The van der Waals surface area contributed by atoms with Gasteiger partial charge in [-0.1, -0.05) is 12.1 Å². The van der Waals surface area contributed by atoms with Crippen molar-refractivity contribution in [3.63, 3.8) is 0 Å². The highest BCUT2D eigenvalue weighted by molar-refractivity contribution is 6.17. The molecule has 102 valence electrons. The first-order valence-corrected chi connectivity index (χ1v) is 6.96. The van der Waals surface area contributed by atoms with Crippen LogP contribution in [0.4, 0.5) is 0 Å². The molecule has 0 aliphatic carbocycles. The summed E-state index contributed by atoms with van der Waals surface area (Å²) in [6.07, 6.45) is 1.74. The molecule has 0 radical (unpaired) electrons. The van der Waals surface area contributed by atoms with Crippen molar-refractivity contribution in [3.05, 3.63) is 65.9 Å². The second kappa shape index (κ2) is 5.82. The summed E-state index contributed by atoms with van der Waals surface area (Å²) in [6, 6.07) is 17.0. The Hall–Kier alpha value is -2.57. The van der Waals surface area contributed by atoms with E-state index in [9.17, 15) is 5.26 Å². The maximum atomic E-state index is 9.24. The third-order valence-corrected chi connectivity index (χ3v) is 3.45. The van der Waals surface area contributed by atoms with Gasteiger partial charge in [-0.3, -0.25) is 4.98 Å². The van der Waals surface area contributed by atoms with Gasteiger partial charge in [0.1, 0.15) is 17.6 Å². The zero-order valence-corrected chi connectivity index (χ0v) is 11.8. The summed E-state index contributed by atoms with van der Waals surface area (Å²) in [5.41, 5.74) is 2.21. The highest BCUT2D eigenvalue weighted by Crippen LogP contribution is 2.31. The van der Waals surface area contributed by atoms with Crippen LogP contribution in [0.5, 0.6) is 11.5 Å². The lowest BCUT2D eigenvalue weighted by atomic mass is 10.1. The van der Waals surface area contributed by atoms with Crippen LogP contribution in [-0.4, -0.2) is 4.98 Å². The Bertz CT molecular complexity index is 834. The first kappa shape index (κ1) is 13.4. The minimum Gasteiger partial charge on any atom is -0.455 e. The van der Waals surface area contributed by atoms with Crippen LogP contribution in [0.1, 0.15) is 11.1 Å². The summed E-state index contributed by atoms with van der Waals surface area (Å²) in [5.74, 6) is 1.56. The summed E-state index contributed by atoms with van der Waals surface area (Å²) in [5, 5.41) is 10.2. The van der Waals surface area contributed by atoms with Gasteiger partial charge in [-0.25, -0.2) is 0 Å². The molecule has 3 nitrogen and oxygen atoms in total. The highest BCUT2D eigenvalue weighted by atomic mass is 35.5. The maximum Gasteiger partial charge on any atom is 0.145 e. The number of alkyl halides is 1. The zero-order chi connectivity index (χ0) is 14.7. The second-order valence-electron chi connectivity index (χ2n) is 4.50. The van der Waals surface area contributed by atoms with Crippen LogP contribution in [0.3, 0.4) is 0 Å². The van der Waals surface area contributed by atoms with E-state index >= 15 is 0 Å². The predicted molar refractivity (Wildman–Crippen MR) is 82.5 cm³/mol. The molecule has 0 unspecified atom stereocenters. The van der Waals surface area contributed by atoms with Gasteiger partial charge in [-0.05, 0) is 42.0 Å². The molecule has 0 N–H and O–H groups in total. The quantitative estimate of drug-likeness (QED) is 0.661. The molecule has 0 bridgehead atoms. The summed E-state index contributed by atoms with van der Waals surface area (Å²) in [4.78, 5) is 4.29. The number of nitrogens with zero attached hydrogens (tertiary/aromatic N) is 2. The van der Waals surface area contributed by atoms with Crippen LogP contribution in [0, 0.1) is 11.3 Å². The van der Waals surface area contributed by atoms with Gasteiger partial charge < -0.3 is 4.74 Å². The number of ether oxygens (including phenoxy) is 1. The number of hydrogen-bond donors (Lipinski definition) is 0. The van der Waals surface area contributed by atoms with Gasteiger partial charge in [0, 0.05) is 17.5 Å². The molecule has 0 amide bonds. The van der Waals surface area contributed by atoms with Gasteiger partial charge in [-0.15, -0.1) is 11.6 Å². The number of pyridine rings is 1. The Morgan fingerprint density at radius 1 is 1.10 bits per heavy atom. The molecule has 0 saturated carbocycles. The van der Waals surface area contributed by atoms with Crippen molar-refractivity contribution in [2.45, 2.75) is 5.88 Å². The summed E-state index contributed by atoms with van der Waals surface area (Å²) >= 11 is 5.79. The van der Waals surface area contributed by atoms with Gasteiger partial charge in [0.15, 0.2) is 0 Å². The number of aromatic nitrogens is 1. The van der Waals surface area contributed by atoms with E-state index < -0.39 is 0 Å². The van der Waals surface area contributed by atoms with Gasteiger partial charge >= 0.3 is 0 Å². The SMILES string of the molecule is N#Cc1cc(CCl)ccc1Oc1cccc2ncccc12. The smallest absolute Gasteiger partial charge is 0.145 e. The molecule has 0 aliphatic heterocycles. The minimum atomic E-state index is 0.368. The molecule has 0 aliphatic rings. The first-order chi connectivity index (χ1) is 10.3. The molecule has 4 heteroatoms. The van der Waals surface area contributed by atoms with Gasteiger partial charge in [0.2, 0.25) is 0 Å². The monoisotopic (exact) mass is 294 g/mol. The molecule has 3 aromatic rings. The first-order valence-electron chi connectivity index (χ1n) is 6.42. The lowest BCUT2D eigenvalue weighted by molar-refractivity contribution is 0.486. The maximum absolute atomic E-state index is 9.24. The van der Waals surface area contributed by atoms with Crippen molar-refractivity contribution in [1.29, 1.82) is 5.26 Å². The van der Waals surface area contributed by atoms with Gasteiger partial charge in [-0.2, -0.15) is 5.26 Å². The molecular weight excluding hydrogens is 284 g/mol. The third-order valence-electron chi connectivity index (χ3n) is 3.14. The van der Waals surface area contributed by atoms with Crippen molar-refractivity contribution in [2.24, 2.45) is 0 Å². The molecule has 0 saturated heterocycles. The number of hydrogen-bond acceptors (Lipinski definition) is 3. The second-order valence-corrected chi connectivity index (χ2v) is 4.77. The summed E-state index contributed by atoms with van der Waals surface area (Å²) in [7, 11) is 0. The van der Waals surface area contributed by atoms with Gasteiger partial charge in [0.05, 0.1) is 11.1 Å². The van der Waals surface area contributed by atoms with Crippen LogP contribution in [0.2, 0.25) is 0 Å². The van der Waals surface area contributed by atoms with Crippen LogP contribution in [-0.2, 0) is 5.88 Å². The standard InChI is InChI=1S/C17H11ClN2O/c18-10-12-6-7-16(13(9-12)11-19)21-17-5-1-4-15-14(17)3-2-8-20-15/h1-9H,10H2. The average Bonchev–Trinajstić information content (AvgIpc) is 2.55. The minimum absolute atomic E-state index is 0.368. The number of rotatable bonds is 3. The average molecular weight is 295 g/mol. The van der Waals surface area contributed by atoms with E-state index in [1.165, 1.54) is 0 Å². The predicted octanol–water partition coefficient (Wildman–Crippen LogP) is 4.64. The molecule has 21 heavy (non-hydrogen) atoms. The van der Waals surface area contributed by atoms with E-state index in [1.807, 2.05) is 36.4 Å². The fraction of sp³-hybridized carbons (Fsp3) is 0.0588. The normalized spacial score (nSPS) is 10.3. The number of fused-ring (bicyclic) bond motifs is 1. The summed E-state index contributed by atoms with van der Waals surface area (Å²) < 4.78 is 5.91. The van der Waals surface area contributed by atoms with Crippen molar-refractivity contribution >= 4 is 22.5 Å². The van der Waals surface area contributed by atoms with E-state index in [0.717, 1.165) is 16.5 Å². The van der Waals surface area contributed by atoms with Crippen LogP contribution >= 0.6 is 11.6 Å². The molecule has 1 aromatic heterocycles. The van der Waals surface area contributed by atoms with E-state index in [1.54, 1.807) is 18.3 Å².